The highest BCUT2D eigenvalue weighted by atomic mass is 32.1. The van der Waals surface area contributed by atoms with Gasteiger partial charge in [-0.2, -0.15) is 0 Å². The molecule has 0 aliphatic carbocycles. The fourth-order valence-electron chi connectivity index (χ4n) is 3.75. The van der Waals surface area contributed by atoms with Gasteiger partial charge in [0.15, 0.2) is 0 Å². The van der Waals surface area contributed by atoms with Crippen molar-refractivity contribution in [1.82, 2.24) is 14.5 Å². The van der Waals surface area contributed by atoms with Gasteiger partial charge in [-0.3, -0.25) is 4.79 Å². The van der Waals surface area contributed by atoms with Crippen LogP contribution in [0.15, 0.2) is 55.1 Å². The third kappa shape index (κ3) is 5.42. The molecule has 1 atom stereocenters. The predicted octanol–water partition coefficient (Wildman–Crippen LogP) is 3.61. The maximum Gasteiger partial charge on any atom is 0.209 e. The lowest BCUT2D eigenvalue weighted by Crippen LogP contribution is -2.45. The lowest BCUT2D eigenvalue weighted by atomic mass is 10.1. The molecular weight excluding hydrogens is 396 g/mol. The average molecular weight is 425 g/mol. The molecule has 1 fully saturated rings. The van der Waals surface area contributed by atoms with E-state index in [9.17, 15) is 4.79 Å². The first-order chi connectivity index (χ1) is 14.7. The molecule has 0 bridgehead atoms. The highest BCUT2D eigenvalue weighted by Crippen LogP contribution is 2.24. The highest BCUT2D eigenvalue weighted by Gasteiger charge is 2.17. The van der Waals surface area contributed by atoms with Crippen LogP contribution in [0.25, 0.3) is 0 Å². The molecule has 4 rings (SSSR count). The SMILES string of the molecule is Cc1ccc(CCC(Cn2ccnc2)Oc2ccc(N3CCN(C=O)CC3)cc2)s1. The van der Waals surface area contributed by atoms with Crippen LogP contribution in [0.5, 0.6) is 5.75 Å². The molecule has 7 heteroatoms. The van der Waals surface area contributed by atoms with Gasteiger partial charge in [0, 0.05) is 54.0 Å². The van der Waals surface area contributed by atoms with Crippen LogP contribution in [0.3, 0.4) is 0 Å². The number of amides is 1. The van der Waals surface area contributed by atoms with Crippen molar-refractivity contribution in [3.05, 3.63) is 64.9 Å². The molecule has 0 N–H and O–H groups in total. The van der Waals surface area contributed by atoms with E-state index in [0.717, 1.165) is 57.7 Å². The van der Waals surface area contributed by atoms with Crippen LogP contribution in [0.4, 0.5) is 5.69 Å². The first kappa shape index (κ1) is 20.5. The molecule has 3 aromatic rings. The quantitative estimate of drug-likeness (QED) is 0.493. The zero-order valence-corrected chi connectivity index (χ0v) is 18.1. The van der Waals surface area contributed by atoms with Crippen LogP contribution in [-0.4, -0.2) is 53.1 Å². The molecular formula is C23H28N4O2S. The van der Waals surface area contributed by atoms with Crippen molar-refractivity contribution in [2.24, 2.45) is 0 Å². The molecule has 1 saturated heterocycles. The Morgan fingerprint density at radius 2 is 1.93 bits per heavy atom. The molecule has 2 aromatic heterocycles. The van der Waals surface area contributed by atoms with Crippen LogP contribution >= 0.6 is 11.3 Å². The molecule has 1 amide bonds. The average Bonchev–Trinajstić information content (AvgIpc) is 3.44. The lowest BCUT2D eigenvalue weighted by Gasteiger charge is -2.34. The number of piperazine rings is 1. The van der Waals surface area contributed by atoms with Gasteiger partial charge >= 0.3 is 0 Å². The van der Waals surface area contributed by atoms with Gasteiger partial charge in [0.1, 0.15) is 11.9 Å². The van der Waals surface area contributed by atoms with Crippen molar-refractivity contribution >= 4 is 23.4 Å². The van der Waals surface area contributed by atoms with E-state index < -0.39 is 0 Å². The van der Waals surface area contributed by atoms with Gasteiger partial charge in [-0.05, 0) is 56.2 Å². The van der Waals surface area contributed by atoms with E-state index in [4.69, 9.17) is 4.74 Å². The maximum atomic E-state index is 10.9. The number of thiophene rings is 1. The summed E-state index contributed by atoms with van der Waals surface area (Å²) in [5.41, 5.74) is 1.17. The van der Waals surface area contributed by atoms with Crippen LogP contribution < -0.4 is 9.64 Å². The van der Waals surface area contributed by atoms with Crippen LogP contribution in [-0.2, 0) is 17.8 Å². The molecule has 0 saturated carbocycles. The number of imidazole rings is 1. The molecule has 1 aliphatic rings. The van der Waals surface area contributed by atoms with Crippen molar-refractivity contribution in [3.8, 4) is 5.75 Å². The molecule has 30 heavy (non-hydrogen) atoms. The number of ether oxygens (including phenoxy) is 1. The van der Waals surface area contributed by atoms with Crippen molar-refractivity contribution in [1.29, 1.82) is 0 Å². The second-order valence-corrected chi connectivity index (χ2v) is 9.05. The van der Waals surface area contributed by atoms with E-state index in [1.807, 2.05) is 28.8 Å². The summed E-state index contributed by atoms with van der Waals surface area (Å²) in [6, 6.07) is 12.7. The Kier molecular flexibility index (Phi) is 6.69. The monoisotopic (exact) mass is 424 g/mol. The molecule has 1 unspecified atom stereocenters. The molecule has 0 spiro atoms. The van der Waals surface area contributed by atoms with Crippen molar-refractivity contribution < 1.29 is 9.53 Å². The summed E-state index contributed by atoms with van der Waals surface area (Å²) in [4.78, 5) is 21.9. The van der Waals surface area contributed by atoms with Crippen molar-refractivity contribution in [3.63, 3.8) is 0 Å². The summed E-state index contributed by atoms with van der Waals surface area (Å²) in [5, 5.41) is 0. The minimum atomic E-state index is 0.0728. The number of nitrogens with zero attached hydrogens (tertiary/aromatic N) is 4. The van der Waals surface area contributed by atoms with E-state index >= 15 is 0 Å². The number of carbonyl (C=O) groups is 1. The van der Waals surface area contributed by atoms with Crippen LogP contribution in [0, 0.1) is 6.92 Å². The van der Waals surface area contributed by atoms with Gasteiger partial charge in [-0.25, -0.2) is 4.98 Å². The summed E-state index contributed by atoms with van der Waals surface area (Å²) < 4.78 is 8.45. The van der Waals surface area contributed by atoms with Gasteiger partial charge in [0.05, 0.1) is 12.9 Å². The Morgan fingerprint density at radius 1 is 1.13 bits per heavy atom. The van der Waals surface area contributed by atoms with Gasteiger partial charge in [0.25, 0.3) is 0 Å². The van der Waals surface area contributed by atoms with Gasteiger partial charge < -0.3 is 19.1 Å². The second kappa shape index (κ2) is 9.80. The minimum absolute atomic E-state index is 0.0728. The Labute approximate surface area is 181 Å². The third-order valence-electron chi connectivity index (χ3n) is 5.45. The van der Waals surface area contributed by atoms with E-state index in [1.165, 1.54) is 15.4 Å². The Balaban J connectivity index is 1.38. The number of anilines is 1. The molecule has 1 aromatic carbocycles. The zero-order valence-electron chi connectivity index (χ0n) is 17.3. The zero-order chi connectivity index (χ0) is 20.8. The van der Waals surface area contributed by atoms with Gasteiger partial charge in [0.2, 0.25) is 6.41 Å². The van der Waals surface area contributed by atoms with Gasteiger partial charge in [-0.1, -0.05) is 0 Å². The largest absolute Gasteiger partial charge is 0.489 e. The smallest absolute Gasteiger partial charge is 0.209 e. The number of hydrogen-bond donors (Lipinski definition) is 0. The number of hydrogen-bond acceptors (Lipinski definition) is 5. The number of benzene rings is 1. The van der Waals surface area contributed by atoms with Crippen LogP contribution in [0.1, 0.15) is 16.2 Å². The number of aromatic nitrogens is 2. The summed E-state index contributed by atoms with van der Waals surface area (Å²) in [6.45, 7) is 6.20. The summed E-state index contributed by atoms with van der Waals surface area (Å²) in [7, 11) is 0. The Morgan fingerprint density at radius 3 is 2.57 bits per heavy atom. The summed E-state index contributed by atoms with van der Waals surface area (Å²) in [6.07, 6.45) is 8.60. The molecule has 158 valence electrons. The van der Waals surface area contributed by atoms with E-state index in [1.54, 1.807) is 6.20 Å². The summed E-state index contributed by atoms with van der Waals surface area (Å²) >= 11 is 1.86. The molecule has 0 radical (unpaired) electrons. The van der Waals surface area contributed by atoms with Crippen molar-refractivity contribution in [2.75, 3.05) is 31.1 Å². The molecule has 1 aliphatic heterocycles. The van der Waals surface area contributed by atoms with Crippen LogP contribution in [0.2, 0.25) is 0 Å². The fraction of sp³-hybridized carbons (Fsp3) is 0.391. The first-order valence-electron chi connectivity index (χ1n) is 10.4. The predicted molar refractivity (Wildman–Crippen MR) is 120 cm³/mol. The fourth-order valence-corrected chi connectivity index (χ4v) is 4.66. The number of carbonyl (C=O) groups excluding carboxylic acids is 1. The van der Waals surface area contributed by atoms with Gasteiger partial charge in [-0.15, -0.1) is 11.3 Å². The number of rotatable bonds is 9. The Hall–Kier alpha value is -2.80. The second-order valence-electron chi connectivity index (χ2n) is 7.67. The minimum Gasteiger partial charge on any atom is -0.489 e. The topological polar surface area (TPSA) is 50.6 Å². The molecule has 6 nitrogen and oxygen atoms in total. The van der Waals surface area contributed by atoms with E-state index in [2.05, 4.69) is 57.8 Å². The number of aryl methyl sites for hydroxylation is 2. The highest BCUT2D eigenvalue weighted by molar-refractivity contribution is 7.11. The molecule has 3 heterocycles. The summed E-state index contributed by atoms with van der Waals surface area (Å²) in [5.74, 6) is 0.887. The Bertz CT molecular complexity index is 915. The maximum absolute atomic E-state index is 10.9. The van der Waals surface area contributed by atoms with E-state index in [0.29, 0.717) is 0 Å². The lowest BCUT2D eigenvalue weighted by molar-refractivity contribution is -0.118. The standard InChI is InChI=1S/C23H28N4O2S/c1-19-2-8-23(30-19)9-7-22(16-26-11-10-24-17-26)29-21-5-3-20(4-6-21)27-14-12-25(18-28)13-15-27/h2-6,8,10-11,17-18,22H,7,9,12-16H2,1H3. The third-order valence-corrected chi connectivity index (χ3v) is 6.51. The van der Waals surface area contributed by atoms with Crippen molar-refractivity contribution in [2.45, 2.75) is 32.4 Å². The van der Waals surface area contributed by atoms with E-state index in [-0.39, 0.29) is 6.10 Å². The first-order valence-corrected chi connectivity index (χ1v) is 11.2. The normalized spacial score (nSPS) is 15.2.